The molecule has 0 amide bonds. The number of ether oxygens (including phenoxy) is 1. The van der Waals surface area contributed by atoms with Gasteiger partial charge in [-0.15, -0.1) is 0 Å². The Bertz CT molecular complexity index is 739. The van der Waals surface area contributed by atoms with Crippen molar-refractivity contribution in [3.63, 3.8) is 0 Å². The quantitative estimate of drug-likeness (QED) is 0.401. The third kappa shape index (κ3) is 2.16. The standard InChI is InChI=1S/C15H12O6/c16-8-4-11(18)9-6-13(20)15(21-14(9)5-8)7-1-2-10(17)12(19)3-7/h1-6,14,16-20H/p+1. The number of aliphatic hydroxyl groups is 5. The van der Waals surface area contributed by atoms with Crippen LogP contribution >= 0.6 is 0 Å². The van der Waals surface area contributed by atoms with Crippen LogP contribution in [0.4, 0.5) is 0 Å². The number of phenols is 2. The van der Waals surface area contributed by atoms with Gasteiger partial charge >= 0.3 is 5.76 Å². The summed E-state index contributed by atoms with van der Waals surface area (Å²) in [4.78, 5) is 0. The van der Waals surface area contributed by atoms with E-state index in [4.69, 9.17) is 0 Å². The zero-order valence-corrected chi connectivity index (χ0v) is 10.7. The molecule has 21 heavy (non-hydrogen) atoms. The molecular formula is C15H13O6+. The van der Waals surface area contributed by atoms with Crippen molar-refractivity contribution in [2.24, 2.45) is 0 Å². The van der Waals surface area contributed by atoms with Gasteiger partial charge in [0.2, 0.25) is 11.9 Å². The fourth-order valence-electron chi connectivity index (χ4n) is 2.25. The average Bonchev–Trinajstić information content (AvgIpc) is 2.42. The number of phenolic OH excluding ortho intramolecular Hbond substituents is 2. The highest BCUT2D eigenvalue weighted by molar-refractivity contribution is 5.68. The largest absolute Gasteiger partial charge is 0.571 e. The molecule has 0 fully saturated rings. The zero-order valence-electron chi connectivity index (χ0n) is 10.7. The highest BCUT2D eigenvalue weighted by Gasteiger charge is 2.34. The second-order valence-corrected chi connectivity index (χ2v) is 4.73. The van der Waals surface area contributed by atoms with Gasteiger partial charge in [0, 0.05) is 18.2 Å². The molecule has 0 bridgehead atoms. The summed E-state index contributed by atoms with van der Waals surface area (Å²) >= 11 is 0. The van der Waals surface area contributed by atoms with E-state index in [0.29, 0.717) is 11.1 Å². The first-order chi connectivity index (χ1) is 9.95. The molecule has 1 atom stereocenters. The number of aromatic hydroxyl groups is 2. The lowest BCUT2D eigenvalue weighted by Gasteiger charge is -2.24. The first kappa shape index (κ1) is 13.0. The van der Waals surface area contributed by atoms with E-state index in [1.807, 2.05) is 0 Å². The molecule has 0 aromatic heterocycles. The Balaban J connectivity index is 2.06. The van der Waals surface area contributed by atoms with Crippen molar-refractivity contribution in [2.75, 3.05) is 0 Å². The van der Waals surface area contributed by atoms with E-state index in [1.165, 1.54) is 36.4 Å². The fraction of sp³-hybridized carbons (Fsp3) is 0.0667. The molecule has 1 aliphatic carbocycles. The molecule has 2 aliphatic rings. The third-order valence-corrected chi connectivity index (χ3v) is 3.28. The van der Waals surface area contributed by atoms with Gasteiger partial charge in [0.15, 0.2) is 11.5 Å². The minimum absolute atomic E-state index is 0.118. The molecule has 3 rings (SSSR count). The van der Waals surface area contributed by atoms with Gasteiger partial charge in [-0.2, -0.15) is 0 Å². The number of hydrogen-bond donors (Lipinski definition) is 5. The molecule has 6 N–H and O–H groups in total. The minimum atomic E-state index is -0.628. The number of hydrogen-bond acceptors (Lipinski definition) is 5. The van der Waals surface area contributed by atoms with Gasteiger partial charge in [0.25, 0.3) is 0 Å². The van der Waals surface area contributed by atoms with Gasteiger partial charge < -0.3 is 30.3 Å². The van der Waals surface area contributed by atoms with E-state index in [2.05, 4.69) is 4.74 Å². The summed E-state index contributed by atoms with van der Waals surface area (Å²) in [7, 11) is 0. The second-order valence-electron chi connectivity index (χ2n) is 4.73. The van der Waals surface area contributed by atoms with E-state index < -0.39 is 6.10 Å². The van der Waals surface area contributed by atoms with Crippen LogP contribution in [0.5, 0.6) is 11.5 Å². The summed E-state index contributed by atoms with van der Waals surface area (Å²) in [6, 6.07) is 4.04. The Kier molecular flexibility index (Phi) is 2.79. The molecule has 108 valence electrons. The van der Waals surface area contributed by atoms with Gasteiger partial charge in [0.05, 0.1) is 17.2 Å². The average molecular weight is 289 g/mol. The summed E-state index contributed by atoms with van der Waals surface area (Å²) in [5.41, 5.74) is 0.775. The molecule has 6 nitrogen and oxygen atoms in total. The van der Waals surface area contributed by atoms with E-state index in [-0.39, 0.29) is 34.5 Å². The van der Waals surface area contributed by atoms with E-state index in [9.17, 15) is 25.5 Å². The topological polar surface area (TPSA) is 114 Å². The minimum Gasteiger partial charge on any atom is -0.571 e. The van der Waals surface area contributed by atoms with Crippen LogP contribution in [0.1, 0.15) is 5.56 Å². The molecule has 6 heteroatoms. The number of allylic oxidation sites excluding steroid dienone is 2. The van der Waals surface area contributed by atoms with Crippen molar-refractivity contribution in [1.29, 1.82) is 0 Å². The molecule has 0 radical (unpaired) electrons. The van der Waals surface area contributed by atoms with Crippen LogP contribution in [0.2, 0.25) is 0 Å². The van der Waals surface area contributed by atoms with Crippen molar-refractivity contribution in [3.8, 4) is 11.5 Å². The normalized spacial score (nSPS) is 21.0. The van der Waals surface area contributed by atoms with Crippen LogP contribution in [0, 0.1) is 0 Å². The van der Waals surface area contributed by atoms with Gasteiger partial charge in [-0.3, -0.25) is 0 Å². The molecule has 0 saturated carbocycles. The van der Waals surface area contributed by atoms with Gasteiger partial charge in [-0.25, -0.2) is 0 Å². The lowest BCUT2D eigenvalue weighted by atomic mass is 9.97. The van der Waals surface area contributed by atoms with Gasteiger partial charge in [0.1, 0.15) is 11.5 Å². The first-order valence-electron chi connectivity index (χ1n) is 6.15. The van der Waals surface area contributed by atoms with E-state index in [0.717, 1.165) is 0 Å². The first-order valence-corrected chi connectivity index (χ1v) is 6.15. The molecule has 1 heterocycles. The highest BCUT2D eigenvalue weighted by atomic mass is 16.5. The summed E-state index contributed by atoms with van der Waals surface area (Å²) < 4.78 is 4.26. The third-order valence-electron chi connectivity index (χ3n) is 3.28. The van der Waals surface area contributed by atoms with Crippen molar-refractivity contribution >= 4 is 5.76 Å². The smallest absolute Gasteiger partial charge is 0.305 e. The van der Waals surface area contributed by atoms with Crippen molar-refractivity contribution in [3.05, 3.63) is 64.8 Å². The Labute approximate surface area is 119 Å². The number of benzene rings is 1. The van der Waals surface area contributed by atoms with Crippen molar-refractivity contribution in [1.82, 2.24) is 0 Å². The Morgan fingerprint density at radius 1 is 0.905 bits per heavy atom. The number of rotatable bonds is 1. The van der Waals surface area contributed by atoms with Crippen LogP contribution in [-0.2, 0) is 0 Å². The predicted molar refractivity (Wildman–Crippen MR) is 74.8 cm³/mol. The van der Waals surface area contributed by atoms with Crippen LogP contribution in [0.15, 0.2) is 59.3 Å². The Morgan fingerprint density at radius 2 is 1.67 bits per heavy atom. The Morgan fingerprint density at radius 3 is 2.38 bits per heavy atom. The van der Waals surface area contributed by atoms with Crippen LogP contribution in [-0.4, -0.2) is 36.4 Å². The Hall–Kier alpha value is -3.02. The number of aliphatic hydroxyl groups excluding tert-OH is 3. The van der Waals surface area contributed by atoms with Crippen molar-refractivity contribution < 1.29 is 30.3 Å². The fourth-order valence-corrected chi connectivity index (χ4v) is 2.25. The molecule has 1 aromatic rings. The summed E-state index contributed by atoms with van der Waals surface area (Å²) in [6.07, 6.45) is 3.32. The maximum Gasteiger partial charge on any atom is 0.305 e. The molecule has 0 spiro atoms. The SMILES string of the molecule is OC1=CC2[OH+]C(c3ccc(O)c(O)c3)=C(O)C=C2C(O)=C1. The summed E-state index contributed by atoms with van der Waals surface area (Å²) in [5.74, 6) is -0.876. The molecule has 1 aliphatic heterocycles. The maximum atomic E-state index is 10.0. The van der Waals surface area contributed by atoms with Gasteiger partial charge in [-0.05, 0) is 12.1 Å². The molecule has 1 unspecified atom stereocenters. The molecule has 0 saturated heterocycles. The lowest BCUT2D eigenvalue weighted by molar-refractivity contribution is 0.0461. The molecule has 1 aromatic carbocycles. The maximum absolute atomic E-state index is 10.0. The van der Waals surface area contributed by atoms with Crippen LogP contribution in [0.25, 0.3) is 5.76 Å². The summed E-state index contributed by atoms with van der Waals surface area (Å²) in [6.45, 7) is 0. The number of fused-ring (bicyclic) bond motifs is 1. The van der Waals surface area contributed by atoms with Crippen LogP contribution < -0.4 is 0 Å². The monoisotopic (exact) mass is 289 g/mol. The van der Waals surface area contributed by atoms with Crippen LogP contribution in [0.3, 0.4) is 0 Å². The predicted octanol–water partition coefficient (Wildman–Crippen LogP) is 2.06. The second kappa shape index (κ2) is 4.52. The summed E-state index contributed by atoms with van der Waals surface area (Å²) in [5, 5.41) is 48.1. The van der Waals surface area contributed by atoms with Crippen molar-refractivity contribution in [2.45, 2.75) is 6.10 Å². The van der Waals surface area contributed by atoms with E-state index in [1.54, 1.807) is 0 Å². The van der Waals surface area contributed by atoms with Gasteiger partial charge in [-0.1, -0.05) is 0 Å². The lowest BCUT2D eigenvalue weighted by Crippen LogP contribution is -2.25. The molecular weight excluding hydrogens is 276 g/mol. The highest BCUT2D eigenvalue weighted by Crippen LogP contribution is 2.35. The zero-order chi connectivity index (χ0) is 15.1. The van der Waals surface area contributed by atoms with E-state index >= 15 is 0 Å².